The maximum absolute atomic E-state index is 14.0. The van der Waals surface area contributed by atoms with Crippen LogP contribution in [0.15, 0.2) is 282 Å². The summed E-state index contributed by atoms with van der Waals surface area (Å²) in [5.41, 5.74) is 16.3. The quantitative estimate of drug-likeness (QED) is 0.0150. The second-order valence-electron chi connectivity index (χ2n) is 32.0. The predicted octanol–water partition coefficient (Wildman–Crippen LogP) is 23.1. The molecule has 40 heteroatoms. The smallest absolute Gasteiger partial charge is 0.340 e. The molecule has 0 amide bonds. The number of carboxylic acid groups (broad SMARTS) is 2. The third kappa shape index (κ3) is 25.0. The first-order valence-corrected chi connectivity index (χ1v) is 47.4. The van der Waals surface area contributed by atoms with E-state index in [1.807, 2.05) is 71.6 Å². The molecular weight excluding hydrogens is 2040 g/mol. The number of aromatic nitrogens is 9. The van der Waals surface area contributed by atoms with E-state index in [1.165, 1.54) is 85.3 Å². The predicted molar refractivity (Wildman–Crippen MR) is 544 cm³/mol. The Morgan fingerprint density at radius 2 is 0.714 bits per heavy atom. The Kier molecular flexibility index (Phi) is 33.3. The molecule has 0 saturated carbocycles. The summed E-state index contributed by atoms with van der Waals surface area (Å²) in [6.45, 7) is 10.6. The van der Waals surface area contributed by atoms with E-state index in [0.717, 1.165) is 30.8 Å². The number of benzene rings is 9. The van der Waals surface area contributed by atoms with Gasteiger partial charge in [0.2, 0.25) is 23.6 Å². The number of nitrogen functional groups attached to an aromatic ring is 1. The molecule has 0 bridgehead atoms. The van der Waals surface area contributed by atoms with Crippen molar-refractivity contribution in [1.29, 1.82) is 0 Å². The molecule has 6 N–H and O–H groups in total. The molecule has 4 aliphatic heterocycles. The van der Waals surface area contributed by atoms with Crippen molar-refractivity contribution in [3.63, 3.8) is 0 Å². The molecule has 748 valence electrons. The lowest BCUT2D eigenvalue weighted by Gasteiger charge is -2.24. The minimum absolute atomic E-state index is 0.0535. The lowest BCUT2D eigenvalue weighted by molar-refractivity contribution is 0.0515. The number of hydrogen-bond donors (Lipinski definition) is 5. The van der Waals surface area contributed by atoms with E-state index in [-0.39, 0.29) is 93.3 Å². The molecule has 9 aromatic heterocycles. The zero-order valence-corrected chi connectivity index (χ0v) is 81.6. The number of oxazole rings is 4. The number of carbonyl (C=O) groups is 6. The first-order valence-electron chi connectivity index (χ1n) is 45.9. The SMILES string of the molecule is CCOC(=O)c1cc(Br)cnc1-c1nc2ccccc2o1.CCOC(=O)c1cc(Br)cnc1C=O.CCOC(=O)c1cc(N2CCCOc3ccc(F)cc32)cnc1-c1nc2ccccc2o1.Fc1ccc2c(c1)NCCCO2.Nc1ccccc1O.O=C(O)c1cc(N2CCCOc3ccc(F)cc32)cnc1-c1nc2ccccc2o1.O=C(O)c1cc(N2CCCOc3ccc(F)cc32)cnc1-c1nc2ccccc2o1. The molecule has 34 nitrogen and oxygen atoms in total. The van der Waals surface area contributed by atoms with Gasteiger partial charge in [0.25, 0.3) is 0 Å². The van der Waals surface area contributed by atoms with Crippen LogP contribution in [0.4, 0.5) is 63.1 Å². The number of phenols is 1. The van der Waals surface area contributed by atoms with E-state index >= 15 is 0 Å². The number of aromatic carboxylic acids is 2. The van der Waals surface area contributed by atoms with Gasteiger partial charge >= 0.3 is 29.8 Å². The average molecular weight is 2130 g/mol. The Labute approximate surface area is 851 Å². The van der Waals surface area contributed by atoms with Gasteiger partial charge in [0.15, 0.2) is 28.6 Å². The minimum Gasteiger partial charge on any atom is -0.506 e. The Bertz CT molecular complexity index is 7520. The van der Waals surface area contributed by atoms with Crippen molar-refractivity contribution in [2.24, 2.45) is 0 Å². The average Bonchev–Trinajstić information content (AvgIpc) is 1.75. The third-order valence-electron chi connectivity index (χ3n) is 22.1. The minimum atomic E-state index is -1.16. The number of nitrogens with one attached hydrogen (secondary N) is 1. The number of carbonyl (C=O) groups excluding carboxylic acids is 4. The number of esters is 3. The fourth-order valence-electron chi connectivity index (χ4n) is 15.4. The molecular formula is C107H88Br2F4N14O20. The summed E-state index contributed by atoms with van der Waals surface area (Å²) in [5, 5.41) is 31.5. The van der Waals surface area contributed by atoms with Gasteiger partial charge in [-0.15, -0.1) is 0 Å². The Balaban J connectivity index is 0.000000127. The summed E-state index contributed by atoms with van der Waals surface area (Å²) in [6.07, 6.45) is 11.3. The molecule has 22 rings (SSSR count). The van der Waals surface area contributed by atoms with Gasteiger partial charge in [-0.05, 0) is 218 Å². The summed E-state index contributed by atoms with van der Waals surface area (Å²) in [6, 6.07) is 61.0. The molecule has 0 spiro atoms. The number of nitrogens with two attached hydrogens (primary N) is 1. The van der Waals surface area contributed by atoms with Crippen LogP contribution >= 0.6 is 31.9 Å². The number of rotatable bonds is 16. The number of pyridine rings is 5. The number of ether oxygens (including phenoxy) is 7. The van der Waals surface area contributed by atoms with Crippen LogP contribution in [0.3, 0.4) is 0 Å². The van der Waals surface area contributed by atoms with Crippen molar-refractivity contribution in [3.05, 3.63) is 321 Å². The number of phenolic OH excluding ortho intramolecular Hbond substituents is 1. The van der Waals surface area contributed by atoms with Crippen LogP contribution in [0.1, 0.15) is 109 Å². The first kappa shape index (κ1) is 102. The van der Waals surface area contributed by atoms with E-state index < -0.39 is 41.5 Å². The summed E-state index contributed by atoms with van der Waals surface area (Å²) < 4.78 is 116. The second-order valence-corrected chi connectivity index (χ2v) is 33.8. The zero-order valence-electron chi connectivity index (χ0n) is 78.4. The third-order valence-corrected chi connectivity index (χ3v) is 23.0. The molecule has 13 heterocycles. The maximum atomic E-state index is 14.0. The van der Waals surface area contributed by atoms with Gasteiger partial charge in [0.05, 0.1) is 138 Å². The number of nitrogens with zero attached hydrogens (tertiary/aromatic N) is 12. The number of anilines is 8. The highest BCUT2D eigenvalue weighted by Gasteiger charge is 2.31. The summed E-state index contributed by atoms with van der Waals surface area (Å²) in [4.78, 5) is 115. The van der Waals surface area contributed by atoms with Gasteiger partial charge in [-0.3, -0.25) is 9.78 Å². The van der Waals surface area contributed by atoms with Crippen molar-refractivity contribution < 1.29 is 112 Å². The van der Waals surface area contributed by atoms with Crippen molar-refractivity contribution in [2.45, 2.75) is 46.5 Å². The van der Waals surface area contributed by atoms with Crippen molar-refractivity contribution in [3.8, 4) is 75.1 Å². The number of carboxylic acids is 2. The number of hydrogen-bond acceptors (Lipinski definition) is 32. The van der Waals surface area contributed by atoms with Gasteiger partial charge in [-0.2, -0.15) is 0 Å². The lowest BCUT2D eigenvalue weighted by atomic mass is 10.1. The summed E-state index contributed by atoms with van der Waals surface area (Å²) in [7, 11) is 0. The highest BCUT2D eigenvalue weighted by molar-refractivity contribution is 9.10. The van der Waals surface area contributed by atoms with E-state index in [9.17, 15) is 56.5 Å². The fraction of sp³-hybridized carbons (Fsp3) is 0.168. The Hall–Kier alpha value is -17.7. The number of fused-ring (bicyclic) bond motifs is 8. The van der Waals surface area contributed by atoms with Crippen LogP contribution < -0.4 is 44.7 Å². The van der Waals surface area contributed by atoms with Crippen molar-refractivity contribution in [2.75, 3.05) is 98.2 Å². The molecule has 147 heavy (non-hydrogen) atoms. The van der Waals surface area contributed by atoms with E-state index in [0.29, 0.717) is 199 Å². The molecule has 0 unspecified atom stereocenters. The van der Waals surface area contributed by atoms with E-state index in [1.54, 1.807) is 134 Å². The topological polar surface area (TPSA) is 444 Å². The fourth-order valence-corrected chi connectivity index (χ4v) is 16.0. The molecule has 0 atom stereocenters. The lowest BCUT2D eigenvalue weighted by Crippen LogP contribution is -2.19. The van der Waals surface area contributed by atoms with Crippen LogP contribution in [0.2, 0.25) is 0 Å². The standard InChI is InChI=1S/C24H20FN3O4.2C22H16FN3O4.C15H11BrN2O3.C9H8BrNO3.C9H10FNO.C6H7NO/c1-2-30-24(29)17-13-16(28-10-5-11-31-21-9-8-15(25)12-19(21)28)14-26-22(17)23-27-18-6-3-4-7-20(18)32-23;2*23-13-6-7-19-17(10-13)26(8-3-9-29-19)14-11-15(22(27)28)20(24-12-14)21-25-16-4-1-2-5-18(16)30-21;1-2-20-15(19)10-7-9(16)8-17-13(10)14-18-11-5-3-4-6-12(11)21-14;1-2-14-9(13)7-3-6(10)4-11-8(7)5-12;10-7-2-3-9-8(6-7)11-4-1-5-12-9;7-5-3-1-2-4-6(5)8/h3-4,6-9,12-14H,2,5,10-11H2,1H3;2*1-2,4-7,10-12H,3,8-9H2,(H,27,28);3-8H,2H2,1H3;3-5H,2H2,1H3;2-3,6,11H,1,4-5H2;1-4,8H,7H2. The highest BCUT2D eigenvalue weighted by Crippen LogP contribution is 2.44. The van der Waals surface area contributed by atoms with Gasteiger partial charge in [0.1, 0.15) is 103 Å². The van der Waals surface area contributed by atoms with Crippen LogP contribution in [-0.4, -0.2) is 169 Å². The Morgan fingerprint density at radius 3 is 1.08 bits per heavy atom. The molecule has 0 radical (unpaired) electrons. The van der Waals surface area contributed by atoms with E-state index in [4.69, 9.17) is 61.7 Å². The summed E-state index contributed by atoms with van der Waals surface area (Å²) in [5.74, 6) is -1.94. The molecule has 4 aliphatic rings. The summed E-state index contributed by atoms with van der Waals surface area (Å²) >= 11 is 6.46. The number of aromatic hydroxyl groups is 1. The van der Waals surface area contributed by atoms with Gasteiger partial charge in [0, 0.05) is 71.8 Å². The number of halogens is 6. The van der Waals surface area contributed by atoms with Crippen LogP contribution in [0.25, 0.3) is 90.7 Å². The Morgan fingerprint density at radius 1 is 0.395 bits per heavy atom. The van der Waals surface area contributed by atoms with Crippen LogP contribution in [-0.2, 0) is 14.2 Å². The van der Waals surface area contributed by atoms with Gasteiger partial charge in [-0.1, -0.05) is 60.7 Å². The molecule has 0 fully saturated rings. The molecule has 18 aromatic rings. The number of aldehydes is 1. The van der Waals surface area contributed by atoms with Crippen LogP contribution in [0.5, 0.6) is 28.7 Å². The monoisotopic (exact) mass is 2120 g/mol. The van der Waals surface area contributed by atoms with E-state index in [2.05, 4.69) is 82.0 Å². The zero-order chi connectivity index (χ0) is 103. The first-order chi connectivity index (χ1) is 71.4. The highest BCUT2D eigenvalue weighted by atomic mass is 79.9. The van der Waals surface area contributed by atoms with Crippen LogP contribution in [0, 0.1) is 23.3 Å². The van der Waals surface area contributed by atoms with Gasteiger partial charge < -0.3 is 91.9 Å². The van der Waals surface area contributed by atoms with Crippen molar-refractivity contribution in [1.82, 2.24) is 44.9 Å². The molecule has 0 aliphatic carbocycles. The molecule has 0 saturated heterocycles. The van der Waals surface area contributed by atoms with Gasteiger partial charge in [-0.25, -0.2) is 81.4 Å². The van der Waals surface area contributed by atoms with Crippen molar-refractivity contribution >= 4 is 158 Å². The maximum Gasteiger partial charge on any atom is 0.340 e. The number of para-hydroxylation sites is 10. The largest absolute Gasteiger partial charge is 0.506 e. The normalized spacial score (nSPS) is 12.6. The molecule has 9 aromatic carbocycles. The second kappa shape index (κ2) is 47.9.